The molecule has 0 aliphatic rings. The van der Waals surface area contributed by atoms with Gasteiger partial charge in [0.2, 0.25) is 0 Å². The molecule has 1 atom stereocenters. The Balaban J connectivity index is 1.79. The Hall–Kier alpha value is -1.82. The first kappa shape index (κ1) is 16.5. The van der Waals surface area contributed by atoms with Crippen LogP contribution in [0.3, 0.4) is 0 Å². The van der Waals surface area contributed by atoms with Gasteiger partial charge in [-0.05, 0) is 25.3 Å². The SMILES string of the molecule is CC(CCc1ccccc1)Nc1ccn(CCS(C)(=O)=O)n1. The summed E-state index contributed by atoms with van der Waals surface area (Å²) in [5.74, 6) is 0.895. The highest BCUT2D eigenvalue weighted by molar-refractivity contribution is 7.90. The van der Waals surface area contributed by atoms with Crippen molar-refractivity contribution in [2.24, 2.45) is 0 Å². The average Bonchev–Trinajstić information content (AvgIpc) is 2.91. The minimum absolute atomic E-state index is 0.109. The first-order valence-electron chi connectivity index (χ1n) is 7.44. The van der Waals surface area contributed by atoms with Gasteiger partial charge in [-0.3, -0.25) is 4.68 Å². The van der Waals surface area contributed by atoms with Crippen LogP contribution in [0.2, 0.25) is 0 Å². The lowest BCUT2D eigenvalue weighted by molar-refractivity contribution is 0.585. The largest absolute Gasteiger partial charge is 0.366 e. The number of hydrogen-bond donors (Lipinski definition) is 1. The lowest BCUT2D eigenvalue weighted by atomic mass is 10.1. The number of benzene rings is 1. The molecule has 5 nitrogen and oxygen atoms in total. The van der Waals surface area contributed by atoms with E-state index < -0.39 is 9.84 Å². The quantitative estimate of drug-likeness (QED) is 0.811. The maximum absolute atomic E-state index is 11.2. The molecule has 1 aromatic carbocycles. The monoisotopic (exact) mass is 321 g/mol. The standard InChI is InChI=1S/C16H23N3O2S/c1-14(8-9-15-6-4-3-5-7-15)17-16-10-11-19(18-16)12-13-22(2,20)21/h3-7,10-11,14H,8-9,12-13H2,1-2H3,(H,17,18). The van der Waals surface area contributed by atoms with Crippen LogP contribution in [0, 0.1) is 0 Å². The minimum Gasteiger partial charge on any atom is -0.366 e. The molecule has 1 heterocycles. The molecule has 0 fully saturated rings. The van der Waals surface area contributed by atoms with E-state index in [9.17, 15) is 8.42 Å². The Morgan fingerprint density at radius 1 is 1.23 bits per heavy atom. The summed E-state index contributed by atoms with van der Waals surface area (Å²) in [7, 11) is -2.96. The van der Waals surface area contributed by atoms with Crippen LogP contribution in [-0.2, 0) is 22.8 Å². The molecule has 120 valence electrons. The van der Waals surface area contributed by atoms with Gasteiger partial charge in [0, 0.05) is 24.6 Å². The molecule has 0 amide bonds. The molecule has 2 rings (SSSR count). The van der Waals surface area contributed by atoms with Crippen LogP contribution < -0.4 is 5.32 Å². The summed E-state index contributed by atoms with van der Waals surface area (Å²) < 4.78 is 24.0. The van der Waals surface area contributed by atoms with Gasteiger partial charge >= 0.3 is 0 Å². The lowest BCUT2D eigenvalue weighted by Gasteiger charge is -2.13. The van der Waals surface area contributed by atoms with E-state index in [1.165, 1.54) is 11.8 Å². The van der Waals surface area contributed by atoms with Crippen LogP contribution in [0.5, 0.6) is 0 Å². The molecule has 6 heteroatoms. The Morgan fingerprint density at radius 3 is 2.64 bits per heavy atom. The van der Waals surface area contributed by atoms with Crippen molar-refractivity contribution in [3.05, 3.63) is 48.2 Å². The van der Waals surface area contributed by atoms with Gasteiger partial charge in [-0.15, -0.1) is 0 Å². The van der Waals surface area contributed by atoms with Gasteiger partial charge in [0.05, 0.1) is 12.3 Å². The smallest absolute Gasteiger partial charge is 0.149 e. The Bertz CT molecular complexity index is 680. The molecule has 0 radical (unpaired) electrons. The summed E-state index contributed by atoms with van der Waals surface area (Å²) in [4.78, 5) is 0. The highest BCUT2D eigenvalue weighted by Crippen LogP contribution is 2.10. The van der Waals surface area contributed by atoms with Crippen LogP contribution in [0.25, 0.3) is 0 Å². The molecule has 1 N–H and O–H groups in total. The summed E-state index contributed by atoms with van der Waals surface area (Å²) in [5.41, 5.74) is 1.33. The van der Waals surface area contributed by atoms with Crippen molar-refractivity contribution in [1.29, 1.82) is 0 Å². The van der Waals surface area contributed by atoms with Gasteiger partial charge in [0.15, 0.2) is 0 Å². The molecule has 1 aromatic heterocycles. The second-order valence-electron chi connectivity index (χ2n) is 5.66. The fourth-order valence-corrected chi connectivity index (χ4v) is 2.69. The van der Waals surface area contributed by atoms with E-state index in [-0.39, 0.29) is 5.75 Å². The van der Waals surface area contributed by atoms with Gasteiger partial charge in [-0.25, -0.2) is 8.42 Å². The van der Waals surface area contributed by atoms with Crippen molar-refractivity contribution in [1.82, 2.24) is 9.78 Å². The highest BCUT2D eigenvalue weighted by Gasteiger charge is 2.07. The van der Waals surface area contributed by atoms with Crippen LogP contribution in [0.4, 0.5) is 5.82 Å². The van der Waals surface area contributed by atoms with E-state index >= 15 is 0 Å². The van der Waals surface area contributed by atoms with E-state index in [2.05, 4.69) is 41.6 Å². The van der Waals surface area contributed by atoms with Gasteiger partial charge in [-0.1, -0.05) is 30.3 Å². The van der Waals surface area contributed by atoms with Gasteiger partial charge in [-0.2, -0.15) is 5.10 Å². The number of rotatable bonds is 8. The second-order valence-corrected chi connectivity index (χ2v) is 7.92. The maximum Gasteiger partial charge on any atom is 0.149 e. The number of aryl methyl sites for hydroxylation is 2. The molecule has 0 bridgehead atoms. The van der Waals surface area contributed by atoms with E-state index in [4.69, 9.17) is 0 Å². The van der Waals surface area contributed by atoms with Crippen molar-refractivity contribution < 1.29 is 8.42 Å². The zero-order valence-corrected chi connectivity index (χ0v) is 13.9. The Labute approximate surface area is 132 Å². The summed E-state index contributed by atoms with van der Waals surface area (Å²) in [5, 5.41) is 7.70. The summed E-state index contributed by atoms with van der Waals surface area (Å²) in [6.45, 7) is 2.51. The van der Waals surface area contributed by atoms with Crippen molar-refractivity contribution >= 4 is 15.7 Å². The first-order valence-corrected chi connectivity index (χ1v) is 9.50. The third kappa shape index (κ3) is 5.89. The first-order chi connectivity index (χ1) is 10.4. The predicted molar refractivity (Wildman–Crippen MR) is 89.8 cm³/mol. The van der Waals surface area contributed by atoms with Gasteiger partial charge in [0.1, 0.15) is 15.7 Å². The van der Waals surface area contributed by atoms with Crippen molar-refractivity contribution in [2.45, 2.75) is 32.4 Å². The van der Waals surface area contributed by atoms with Crippen LogP contribution in [0.15, 0.2) is 42.6 Å². The van der Waals surface area contributed by atoms with E-state index in [0.717, 1.165) is 18.7 Å². The molecule has 0 spiro atoms. The van der Waals surface area contributed by atoms with Gasteiger partial charge < -0.3 is 5.32 Å². The maximum atomic E-state index is 11.2. The number of anilines is 1. The fourth-order valence-electron chi connectivity index (χ4n) is 2.18. The third-order valence-corrected chi connectivity index (χ3v) is 4.36. The molecule has 1 unspecified atom stereocenters. The molecule has 0 saturated heterocycles. The fraction of sp³-hybridized carbons (Fsp3) is 0.438. The van der Waals surface area contributed by atoms with Crippen LogP contribution in [0.1, 0.15) is 18.9 Å². The molecule has 0 aliphatic heterocycles. The van der Waals surface area contributed by atoms with Crippen LogP contribution in [-0.4, -0.2) is 36.2 Å². The van der Waals surface area contributed by atoms with E-state index in [1.807, 2.05) is 12.1 Å². The van der Waals surface area contributed by atoms with Crippen molar-refractivity contribution in [2.75, 3.05) is 17.3 Å². The number of sulfone groups is 1. The lowest BCUT2D eigenvalue weighted by Crippen LogP contribution is -2.17. The Kier molecular flexibility index (Phi) is 5.60. The number of nitrogens with one attached hydrogen (secondary N) is 1. The highest BCUT2D eigenvalue weighted by atomic mass is 32.2. The van der Waals surface area contributed by atoms with Gasteiger partial charge in [0.25, 0.3) is 0 Å². The normalized spacial score (nSPS) is 13.0. The number of nitrogens with zero attached hydrogens (tertiary/aromatic N) is 2. The molecule has 22 heavy (non-hydrogen) atoms. The summed E-state index contributed by atoms with van der Waals surface area (Å²) in [6.07, 6.45) is 5.07. The second kappa shape index (κ2) is 7.45. The summed E-state index contributed by atoms with van der Waals surface area (Å²) in [6, 6.07) is 12.6. The zero-order valence-electron chi connectivity index (χ0n) is 13.1. The molecule has 2 aromatic rings. The van der Waals surface area contributed by atoms with E-state index in [0.29, 0.717) is 12.6 Å². The zero-order chi connectivity index (χ0) is 16.0. The number of hydrogen-bond acceptors (Lipinski definition) is 4. The van der Waals surface area contributed by atoms with Crippen molar-refractivity contribution in [3.63, 3.8) is 0 Å². The molecule has 0 aliphatic carbocycles. The molecule has 0 saturated carbocycles. The Morgan fingerprint density at radius 2 is 1.95 bits per heavy atom. The minimum atomic E-state index is -2.96. The predicted octanol–water partition coefficient (Wildman–Crippen LogP) is 2.36. The number of aromatic nitrogens is 2. The van der Waals surface area contributed by atoms with E-state index in [1.54, 1.807) is 10.9 Å². The molecular formula is C16H23N3O2S. The third-order valence-electron chi connectivity index (χ3n) is 3.43. The molecular weight excluding hydrogens is 298 g/mol. The van der Waals surface area contributed by atoms with Crippen LogP contribution >= 0.6 is 0 Å². The summed E-state index contributed by atoms with van der Waals surface area (Å²) >= 11 is 0. The van der Waals surface area contributed by atoms with Crippen molar-refractivity contribution in [3.8, 4) is 0 Å². The average molecular weight is 321 g/mol. The topological polar surface area (TPSA) is 64.0 Å².